The molecule has 4 bridgehead atoms. The summed E-state index contributed by atoms with van der Waals surface area (Å²) < 4.78 is 0. The first-order chi connectivity index (χ1) is 9.63. The predicted octanol–water partition coefficient (Wildman–Crippen LogP) is 4.19. The molecule has 1 heteroatoms. The van der Waals surface area contributed by atoms with Crippen LogP contribution in [-0.2, 0) is 5.41 Å². The lowest BCUT2D eigenvalue weighted by molar-refractivity contribution is -0.0399. The van der Waals surface area contributed by atoms with Gasteiger partial charge in [0, 0.05) is 5.54 Å². The van der Waals surface area contributed by atoms with Gasteiger partial charge in [-0.2, -0.15) is 0 Å². The maximum Gasteiger partial charge on any atom is 0.0195 e. The quantitative estimate of drug-likeness (QED) is 0.867. The summed E-state index contributed by atoms with van der Waals surface area (Å²) in [5, 5.41) is 3.90. The minimum Gasteiger partial charge on any atom is -0.311 e. The van der Waals surface area contributed by atoms with Crippen LogP contribution in [0.3, 0.4) is 0 Å². The first kappa shape index (κ1) is 12.9. The first-order valence-electron chi connectivity index (χ1n) is 8.45. The van der Waals surface area contributed by atoms with Gasteiger partial charge in [-0.05, 0) is 74.8 Å². The fourth-order valence-corrected chi connectivity index (χ4v) is 6.09. The monoisotopic (exact) mass is 269 g/mol. The van der Waals surface area contributed by atoms with Crippen LogP contribution in [0.1, 0.15) is 56.6 Å². The molecule has 0 saturated heterocycles. The predicted molar refractivity (Wildman–Crippen MR) is 83.9 cm³/mol. The zero-order valence-corrected chi connectivity index (χ0v) is 12.9. The zero-order chi connectivity index (χ0) is 13.8. The zero-order valence-electron chi connectivity index (χ0n) is 12.9. The third kappa shape index (κ3) is 1.86. The number of hydrogen-bond acceptors (Lipinski definition) is 1. The Kier molecular flexibility index (Phi) is 2.79. The second-order valence-corrected chi connectivity index (χ2v) is 7.92. The van der Waals surface area contributed by atoms with Crippen molar-refractivity contribution in [3.05, 3.63) is 35.4 Å². The van der Waals surface area contributed by atoms with Gasteiger partial charge in [0.2, 0.25) is 0 Å². The molecular weight excluding hydrogens is 242 g/mol. The lowest BCUT2D eigenvalue weighted by Gasteiger charge is -2.62. The van der Waals surface area contributed by atoms with Crippen LogP contribution in [0.2, 0.25) is 0 Å². The summed E-state index contributed by atoms with van der Waals surface area (Å²) >= 11 is 0. The molecule has 1 aromatic rings. The van der Waals surface area contributed by atoms with Crippen LogP contribution in [-0.4, -0.2) is 12.1 Å². The van der Waals surface area contributed by atoms with Crippen LogP contribution in [0, 0.1) is 18.8 Å². The highest BCUT2D eigenvalue weighted by atomic mass is 15.0. The number of rotatable bonds is 3. The minimum absolute atomic E-state index is 0.462. The van der Waals surface area contributed by atoms with Crippen LogP contribution in [0.4, 0.5) is 0 Å². The van der Waals surface area contributed by atoms with Crippen LogP contribution < -0.4 is 5.32 Å². The number of aryl methyl sites for hydroxylation is 1. The Bertz CT molecular complexity index is 487. The summed E-state index contributed by atoms with van der Waals surface area (Å²) in [6.45, 7) is 5.60. The van der Waals surface area contributed by atoms with Crippen LogP contribution in [0.25, 0.3) is 0 Å². The van der Waals surface area contributed by atoms with Crippen LogP contribution in [0.15, 0.2) is 24.3 Å². The van der Waals surface area contributed by atoms with E-state index < -0.39 is 0 Å². The Labute approximate surface area is 123 Å². The van der Waals surface area contributed by atoms with E-state index in [-0.39, 0.29) is 0 Å². The van der Waals surface area contributed by atoms with Crippen molar-refractivity contribution in [3.63, 3.8) is 0 Å². The first-order valence-corrected chi connectivity index (χ1v) is 8.45. The molecule has 1 nitrogen and oxygen atoms in total. The standard InChI is InChI=1S/C19H27N/c1-3-20-19-11-15-8-16(12-19)10-18(9-15,13-19)17-6-4-14(2)5-7-17/h4-7,15-16,20H,3,8-13H2,1-2H3. The molecule has 0 amide bonds. The lowest BCUT2D eigenvalue weighted by Crippen LogP contribution is -2.63. The highest BCUT2D eigenvalue weighted by Crippen LogP contribution is 2.62. The Hall–Kier alpha value is -0.820. The molecule has 0 radical (unpaired) electrons. The highest BCUT2D eigenvalue weighted by Gasteiger charge is 2.57. The van der Waals surface area contributed by atoms with Gasteiger partial charge >= 0.3 is 0 Å². The van der Waals surface area contributed by atoms with E-state index in [0.717, 1.165) is 18.4 Å². The molecule has 4 aliphatic rings. The van der Waals surface area contributed by atoms with Gasteiger partial charge in [-0.15, -0.1) is 0 Å². The van der Waals surface area contributed by atoms with Crippen molar-refractivity contribution in [2.75, 3.05) is 6.54 Å². The van der Waals surface area contributed by atoms with Crippen molar-refractivity contribution in [3.8, 4) is 0 Å². The normalized spacial score (nSPS) is 42.1. The maximum atomic E-state index is 3.90. The smallest absolute Gasteiger partial charge is 0.0195 e. The van der Waals surface area contributed by atoms with E-state index in [9.17, 15) is 0 Å². The molecule has 4 saturated carbocycles. The summed E-state index contributed by atoms with van der Waals surface area (Å²) in [4.78, 5) is 0. The van der Waals surface area contributed by atoms with E-state index >= 15 is 0 Å². The largest absolute Gasteiger partial charge is 0.311 e. The molecule has 4 fully saturated rings. The summed E-state index contributed by atoms with van der Waals surface area (Å²) in [5.74, 6) is 1.94. The van der Waals surface area contributed by atoms with Crippen molar-refractivity contribution in [1.29, 1.82) is 0 Å². The van der Waals surface area contributed by atoms with Gasteiger partial charge in [0.15, 0.2) is 0 Å². The third-order valence-corrected chi connectivity index (χ3v) is 6.28. The van der Waals surface area contributed by atoms with E-state index in [4.69, 9.17) is 0 Å². The molecule has 0 aromatic heterocycles. The van der Waals surface area contributed by atoms with Crippen molar-refractivity contribution in [1.82, 2.24) is 5.32 Å². The van der Waals surface area contributed by atoms with Gasteiger partial charge < -0.3 is 5.32 Å². The molecule has 4 aliphatic carbocycles. The van der Waals surface area contributed by atoms with Gasteiger partial charge in [-0.25, -0.2) is 0 Å². The fraction of sp³-hybridized carbons (Fsp3) is 0.684. The average Bonchev–Trinajstić information content (AvgIpc) is 2.37. The van der Waals surface area contributed by atoms with E-state index in [2.05, 4.69) is 43.4 Å². The van der Waals surface area contributed by atoms with Crippen molar-refractivity contribution in [2.24, 2.45) is 11.8 Å². The third-order valence-electron chi connectivity index (χ3n) is 6.28. The second-order valence-electron chi connectivity index (χ2n) is 7.92. The lowest BCUT2D eigenvalue weighted by atomic mass is 9.45. The molecule has 20 heavy (non-hydrogen) atoms. The summed E-state index contributed by atoms with van der Waals surface area (Å²) in [6, 6.07) is 9.46. The van der Waals surface area contributed by atoms with Crippen molar-refractivity contribution >= 4 is 0 Å². The molecule has 1 N–H and O–H groups in total. The van der Waals surface area contributed by atoms with Crippen LogP contribution >= 0.6 is 0 Å². The molecule has 0 aliphatic heterocycles. The Morgan fingerprint density at radius 3 is 2.30 bits per heavy atom. The van der Waals surface area contributed by atoms with E-state index in [1.807, 2.05) is 0 Å². The number of hydrogen-bond donors (Lipinski definition) is 1. The van der Waals surface area contributed by atoms with Gasteiger partial charge in [0.1, 0.15) is 0 Å². The van der Waals surface area contributed by atoms with Gasteiger partial charge in [0.25, 0.3) is 0 Å². The summed E-state index contributed by atoms with van der Waals surface area (Å²) in [6.07, 6.45) is 8.64. The molecule has 2 atom stereocenters. The number of benzene rings is 1. The van der Waals surface area contributed by atoms with E-state index in [1.54, 1.807) is 5.56 Å². The Morgan fingerprint density at radius 2 is 1.70 bits per heavy atom. The molecule has 5 rings (SSSR count). The molecule has 0 spiro atoms. The van der Waals surface area contributed by atoms with Crippen molar-refractivity contribution in [2.45, 2.75) is 63.3 Å². The molecule has 1 aromatic carbocycles. The second kappa shape index (κ2) is 4.34. The van der Waals surface area contributed by atoms with Crippen LogP contribution in [0.5, 0.6) is 0 Å². The summed E-state index contributed by atoms with van der Waals surface area (Å²) in [7, 11) is 0. The molecule has 108 valence electrons. The molecule has 0 heterocycles. The topological polar surface area (TPSA) is 12.0 Å². The van der Waals surface area contributed by atoms with E-state index in [0.29, 0.717) is 11.0 Å². The van der Waals surface area contributed by atoms with Gasteiger partial charge in [-0.1, -0.05) is 36.8 Å². The number of nitrogens with one attached hydrogen (secondary N) is 1. The fourth-order valence-electron chi connectivity index (χ4n) is 6.09. The minimum atomic E-state index is 0.462. The van der Waals surface area contributed by atoms with E-state index in [1.165, 1.54) is 44.1 Å². The Morgan fingerprint density at radius 1 is 1.05 bits per heavy atom. The molecule has 2 unspecified atom stereocenters. The van der Waals surface area contributed by atoms with Gasteiger partial charge in [0.05, 0.1) is 0 Å². The highest BCUT2D eigenvalue weighted by molar-refractivity contribution is 5.33. The van der Waals surface area contributed by atoms with Crippen molar-refractivity contribution < 1.29 is 0 Å². The average molecular weight is 269 g/mol. The molecular formula is C19H27N. The van der Waals surface area contributed by atoms with Gasteiger partial charge in [-0.3, -0.25) is 0 Å². The summed E-state index contributed by atoms with van der Waals surface area (Å²) in [5.41, 5.74) is 3.96. The Balaban J connectivity index is 1.73. The SMILES string of the molecule is CCNC12CC3CC(C1)CC(c1ccc(C)cc1)(C3)C2. The maximum absolute atomic E-state index is 3.90.